The van der Waals surface area contributed by atoms with Gasteiger partial charge in [0.15, 0.2) is 6.10 Å². The molecule has 2 amide bonds. The largest absolute Gasteiger partial charge is 0.481 e. The highest BCUT2D eigenvalue weighted by Crippen LogP contribution is 2.23. The van der Waals surface area contributed by atoms with Crippen molar-refractivity contribution in [3.63, 3.8) is 0 Å². The van der Waals surface area contributed by atoms with Gasteiger partial charge in [0.1, 0.15) is 5.75 Å². The summed E-state index contributed by atoms with van der Waals surface area (Å²) in [7, 11) is 0. The minimum Gasteiger partial charge on any atom is -0.481 e. The zero-order valence-electron chi connectivity index (χ0n) is 15.2. The highest BCUT2D eigenvalue weighted by atomic mass is 35.5. The number of likely N-dealkylation sites (tertiary alicyclic amines) is 1. The second-order valence-corrected chi connectivity index (χ2v) is 6.78. The lowest BCUT2D eigenvalue weighted by molar-refractivity contribution is -0.141. The van der Waals surface area contributed by atoms with E-state index in [-0.39, 0.29) is 30.1 Å². The Morgan fingerprint density at radius 2 is 2.19 bits per heavy atom. The number of rotatable bonds is 6. The number of amides is 2. The van der Waals surface area contributed by atoms with Gasteiger partial charge in [-0.1, -0.05) is 11.6 Å². The van der Waals surface area contributed by atoms with Crippen LogP contribution in [0.1, 0.15) is 25.3 Å². The normalized spacial score (nSPS) is 17.8. The first kappa shape index (κ1) is 22.5. The lowest BCUT2D eigenvalue weighted by atomic mass is 9.96. The summed E-state index contributed by atoms with van der Waals surface area (Å²) in [6.07, 6.45) is 0.969. The van der Waals surface area contributed by atoms with Gasteiger partial charge in [-0.05, 0) is 50.5 Å². The van der Waals surface area contributed by atoms with E-state index in [1.807, 2.05) is 13.0 Å². The maximum absolute atomic E-state index is 12.7. The molecule has 1 aromatic carbocycles. The average Bonchev–Trinajstić information content (AvgIpc) is 2.62. The van der Waals surface area contributed by atoms with E-state index in [9.17, 15) is 9.59 Å². The Morgan fingerprint density at radius 1 is 1.46 bits per heavy atom. The van der Waals surface area contributed by atoms with Crippen LogP contribution >= 0.6 is 24.0 Å². The molecule has 0 aromatic heterocycles. The van der Waals surface area contributed by atoms with Gasteiger partial charge < -0.3 is 20.7 Å². The van der Waals surface area contributed by atoms with Gasteiger partial charge in [0.2, 0.25) is 5.91 Å². The molecule has 1 aliphatic heterocycles. The first-order valence-corrected chi connectivity index (χ1v) is 8.99. The molecule has 8 heteroatoms. The Morgan fingerprint density at radius 3 is 2.85 bits per heavy atom. The predicted molar refractivity (Wildman–Crippen MR) is 105 cm³/mol. The molecule has 1 aromatic rings. The second-order valence-electron chi connectivity index (χ2n) is 6.37. The third-order valence-corrected chi connectivity index (χ3v) is 4.76. The van der Waals surface area contributed by atoms with E-state index in [0.717, 1.165) is 18.4 Å². The van der Waals surface area contributed by atoms with Gasteiger partial charge in [0.25, 0.3) is 5.91 Å². The van der Waals surface area contributed by atoms with Crippen molar-refractivity contribution in [3.05, 3.63) is 28.8 Å². The standard InChI is InChI=1S/C18H26ClN3O3.ClH/c1-12-10-15(5-6-16(12)19)25-13(2)18(24)22-9-3-4-14(11-22)17(23)21-8-7-20;/h5-6,10,13-14H,3-4,7-9,11,20H2,1-2H3,(H,21,23);1H. The molecule has 0 spiro atoms. The first-order valence-electron chi connectivity index (χ1n) is 8.61. The molecule has 2 unspecified atom stereocenters. The van der Waals surface area contributed by atoms with Crippen molar-refractivity contribution in [2.75, 3.05) is 26.2 Å². The molecule has 1 aliphatic rings. The third-order valence-electron chi connectivity index (χ3n) is 4.34. The molecule has 3 N–H and O–H groups in total. The van der Waals surface area contributed by atoms with Crippen molar-refractivity contribution < 1.29 is 14.3 Å². The maximum Gasteiger partial charge on any atom is 0.263 e. The van der Waals surface area contributed by atoms with Crippen LogP contribution in [0.5, 0.6) is 5.75 Å². The van der Waals surface area contributed by atoms with Gasteiger partial charge in [-0.15, -0.1) is 12.4 Å². The van der Waals surface area contributed by atoms with E-state index in [1.54, 1.807) is 24.0 Å². The predicted octanol–water partition coefficient (Wildman–Crippen LogP) is 2.15. The molecule has 146 valence electrons. The Labute approximate surface area is 165 Å². The van der Waals surface area contributed by atoms with Crippen LogP contribution < -0.4 is 15.8 Å². The molecular weight excluding hydrogens is 377 g/mol. The smallest absolute Gasteiger partial charge is 0.263 e. The van der Waals surface area contributed by atoms with Gasteiger partial charge in [-0.2, -0.15) is 0 Å². The van der Waals surface area contributed by atoms with E-state index < -0.39 is 6.10 Å². The van der Waals surface area contributed by atoms with Crippen LogP contribution in [0.2, 0.25) is 5.02 Å². The van der Waals surface area contributed by atoms with E-state index in [2.05, 4.69) is 5.32 Å². The number of nitrogens with one attached hydrogen (secondary N) is 1. The summed E-state index contributed by atoms with van der Waals surface area (Å²) in [6.45, 7) is 5.54. The number of hydrogen-bond acceptors (Lipinski definition) is 4. The fourth-order valence-electron chi connectivity index (χ4n) is 2.93. The van der Waals surface area contributed by atoms with Gasteiger partial charge in [0, 0.05) is 31.2 Å². The average molecular weight is 404 g/mol. The van der Waals surface area contributed by atoms with E-state index in [1.165, 1.54) is 0 Å². The molecule has 1 heterocycles. The summed E-state index contributed by atoms with van der Waals surface area (Å²) in [5, 5.41) is 3.46. The quantitative estimate of drug-likeness (QED) is 0.761. The number of aryl methyl sites for hydroxylation is 1. The number of ether oxygens (including phenoxy) is 1. The summed E-state index contributed by atoms with van der Waals surface area (Å²) in [6, 6.07) is 5.31. The van der Waals surface area contributed by atoms with Crippen LogP contribution in [0.3, 0.4) is 0 Å². The number of halogens is 2. The summed E-state index contributed by atoms with van der Waals surface area (Å²) >= 11 is 6.01. The lowest BCUT2D eigenvalue weighted by Gasteiger charge is -2.33. The Bertz CT molecular complexity index is 628. The zero-order valence-corrected chi connectivity index (χ0v) is 16.7. The van der Waals surface area contributed by atoms with Gasteiger partial charge >= 0.3 is 0 Å². The topological polar surface area (TPSA) is 84.7 Å². The highest BCUT2D eigenvalue weighted by Gasteiger charge is 2.31. The first-order chi connectivity index (χ1) is 11.9. The van der Waals surface area contributed by atoms with Gasteiger partial charge in [-0.25, -0.2) is 0 Å². The van der Waals surface area contributed by atoms with Crippen molar-refractivity contribution in [1.29, 1.82) is 0 Å². The van der Waals surface area contributed by atoms with E-state index in [4.69, 9.17) is 22.1 Å². The number of nitrogens with two attached hydrogens (primary N) is 1. The molecule has 0 saturated carbocycles. The molecular formula is C18H27Cl2N3O3. The number of piperidine rings is 1. The molecule has 1 fully saturated rings. The van der Waals surface area contributed by atoms with Crippen LogP contribution in [-0.2, 0) is 9.59 Å². The number of hydrogen-bond donors (Lipinski definition) is 2. The maximum atomic E-state index is 12.7. The molecule has 0 bridgehead atoms. The Balaban J connectivity index is 0.00000338. The summed E-state index contributed by atoms with van der Waals surface area (Å²) in [4.78, 5) is 26.5. The fraction of sp³-hybridized carbons (Fsp3) is 0.556. The van der Waals surface area contributed by atoms with Gasteiger partial charge in [0.05, 0.1) is 5.92 Å². The molecule has 2 atom stereocenters. The molecule has 2 rings (SSSR count). The minimum atomic E-state index is -0.619. The van der Waals surface area contributed by atoms with Crippen molar-refractivity contribution >= 4 is 35.8 Å². The van der Waals surface area contributed by atoms with Gasteiger partial charge in [-0.3, -0.25) is 9.59 Å². The SMILES string of the molecule is Cc1cc(OC(C)C(=O)N2CCCC(C(=O)NCCN)C2)ccc1Cl.Cl. The minimum absolute atomic E-state index is 0. The Kier molecular flexibility index (Phi) is 9.19. The number of benzene rings is 1. The van der Waals surface area contributed by atoms with E-state index >= 15 is 0 Å². The third kappa shape index (κ3) is 6.04. The van der Waals surface area contributed by atoms with E-state index in [0.29, 0.717) is 37.0 Å². The van der Waals surface area contributed by atoms with Crippen molar-refractivity contribution in [2.45, 2.75) is 32.8 Å². The molecule has 0 radical (unpaired) electrons. The van der Waals surface area contributed by atoms with Crippen LogP contribution in [-0.4, -0.2) is 49.0 Å². The monoisotopic (exact) mass is 403 g/mol. The summed E-state index contributed by atoms with van der Waals surface area (Å²) < 4.78 is 5.76. The fourth-order valence-corrected chi connectivity index (χ4v) is 3.05. The summed E-state index contributed by atoms with van der Waals surface area (Å²) in [5.41, 5.74) is 6.31. The van der Waals surface area contributed by atoms with Crippen LogP contribution in [0.4, 0.5) is 0 Å². The number of nitrogens with zero attached hydrogens (tertiary/aromatic N) is 1. The van der Waals surface area contributed by atoms with Crippen molar-refractivity contribution in [1.82, 2.24) is 10.2 Å². The molecule has 6 nitrogen and oxygen atoms in total. The lowest BCUT2D eigenvalue weighted by Crippen LogP contribution is -2.49. The molecule has 26 heavy (non-hydrogen) atoms. The highest BCUT2D eigenvalue weighted by molar-refractivity contribution is 6.31. The Hall–Kier alpha value is -1.50. The summed E-state index contributed by atoms with van der Waals surface area (Å²) in [5.74, 6) is 0.278. The number of carbonyl (C=O) groups is 2. The second kappa shape index (κ2) is 10.6. The van der Waals surface area contributed by atoms with Crippen LogP contribution in [0.25, 0.3) is 0 Å². The number of carbonyl (C=O) groups excluding carboxylic acids is 2. The van der Waals surface area contributed by atoms with Crippen molar-refractivity contribution in [3.8, 4) is 5.75 Å². The molecule has 1 saturated heterocycles. The zero-order chi connectivity index (χ0) is 18.4. The van der Waals surface area contributed by atoms with Crippen molar-refractivity contribution in [2.24, 2.45) is 11.7 Å². The molecule has 0 aliphatic carbocycles. The van der Waals surface area contributed by atoms with Crippen LogP contribution in [0, 0.1) is 12.8 Å². The van der Waals surface area contributed by atoms with Crippen LogP contribution in [0.15, 0.2) is 18.2 Å².